The zero-order valence-electron chi connectivity index (χ0n) is 10.8. The van der Waals surface area contributed by atoms with Gasteiger partial charge in [-0.2, -0.15) is 28.1 Å². The number of aromatic nitrogens is 3. The molecule has 1 atom stereocenters. The van der Waals surface area contributed by atoms with Crippen LogP contribution in [0.25, 0.3) is 0 Å². The first-order chi connectivity index (χ1) is 9.77. The number of hydrogen-bond donors (Lipinski definition) is 2. The number of hydrogen-bond acceptors (Lipinski definition) is 5. The highest BCUT2D eigenvalue weighted by molar-refractivity contribution is 6.31. The fraction of sp³-hybridized carbons (Fsp3) is 0.250. The van der Waals surface area contributed by atoms with Gasteiger partial charge in [-0.05, 0) is 18.6 Å². The van der Waals surface area contributed by atoms with Crippen molar-refractivity contribution in [3.63, 3.8) is 0 Å². The molecule has 1 heterocycles. The first-order valence-corrected chi connectivity index (χ1v) is 6.25. The van der Waals surface area contributed by atoms with Crippen LogP contribution in [0.1, 0.15) is 24.4 Å². The Morgan fingerprint density at radius 3 is 2.48 bits per heavy atom. The number of nitrogen functional groups attached to an aromatic ring is 1. The van der Waals surface area contributed by atoms with Gasteiger partial charge in [0.15, 0.2) is 0 Å². The predicted molar refractivity (Wildman–Crippen MR) is 72.7 cm³/mol. The second kappa shape index (κ2) is 5.72. The Bertz CT molecular complexity index is 647. The Morgan fingerprint density at radius 1 is 1.19 bits per heavy atom. The number of nitrogens with one attached hydrogen (secondary N) is 1. The van der Waals surface area contributed by atoms with Gasteiger partial charge < -0.3 is 11.1 Å². The van der Waals surface area contributed by atoms with Crippen LogP contribution >= 0.6 is 11.6 Å². The minimum absolute atomic E-state index is 0.262. The van der Waals surface area contributed by atoms with Gasteiger partial charge in [-0.15, -0.1) is 0 Å². The standard InChI is InChI=1S/C12H11ClF3N5/c1-6(7-4-2-3-5-8(7)13)18-11-20-9(12(14,15)16)19-10(17)21-11/h2-6H,1H3,(H3,17,18,19,20,21). The quantitative estimate of drug-likeness (QED) is 0.908. The molecule has 0 saturated heterocycles. The van der Waals surface area contributed by atoms with Crippen LogP contribution in [0.15, 0.2) is 24.3 Å². The van der Waals surface area contributed by atoms with Crippen molar-refractivity contribution in [2.24, 2.45) is 0 Å². The van der Waals surface area contributed by atoms with E-state index in [-0.39, 0.29) is 5.95 Å². The molecular formula is C12H11ClF3N5. The van der Waals surface area contributed by atoms with Crippen LogP contribution in [-0.4, -0.2) is 15.0 Å². The van der Waals surface area contributed by atoms with Gasteiger partial charge in [0.25, 0.3) is 0 Å². The Hall–Kier alpha value is -2.09. The smallest absolute Gasteiger partial charge is 0.368 e. The molecule has 0 aliphatic heterocycles. The SMILES string of the molecule is CC(Nc1nc(N)nc(C(F)(F)F)n1)c1ccccc1Cl. The summed E-state index contributed by atoms with van der Waals surface area (Å²) in [6, 6.07) is 6.54. The van der Waals surface area contributed by atoms with E-state index >= 15 is 0 Å². The summed E-state index contributed by atoms with van der Waals surface area (Å²) in [5, 5.41) is 3.21. The fourth-order valence-corrected chi connectivity index (χ4v) is 1.98. The summed E-state index contributed by atoms with van der Waals surface area (Å²) >= 11 is 6.02. The molecule has 0 bridgehead atoms. The molecule has 2 aromatic rings. The van der Waals surface area contributed by atoms with Crippen molar-refractivity contribution >= 4 is 23.5 Å². The number of nitrogens with two attached hydrogens (primary N) is 1. The Kier molecular flexibility index (Phi) is 4.17. The lowest BCUT2D eigenvalue weighted by Crippen LogP contribution is -2.17. The third kappa shape index (κ3) is 3.72. The van der Waals surface area contributed by atoms with Crippen molar-refractivity contribution in [3.05, 3.63) is 40.7 Å². The molecule has 9 heteroatoms. The summed E-state index contributed by atoms with van der Waals surface area (Å²) in [6.45, 7) is 1.72. The molecule has 0 spiro atoms. The lowest BCUT2D eigenvalue weighted by atomic mass is 10.1. The summed E-state index contributed by atoms with van der Waals surface area (Å²) in [4.78, 5) is 10.0. The molecule has 0 aliphatic rings. The third-order valence-corrected chi connectivity index (χ3v) is 2.97. The minimum atomic E-state index is -4.69. The minimum Gasteiger partial charge on any atom is -0.368 e. The molecule has 5 nitrogen and oxygen atoms in total. The monoisotopic (exact) mass is 317 g/mol. The molecule has 1 aromatic heterocycles. The van der Waals surface area contributed by atoms with Crippen molar-refractivity contribution in [3.8, 4) is 0 Å². The summed E-state index contributed by atoms with van der Waals surface area (Å²) in [5.41, 5.74) is 5.97. The lowest BCUT2D eigenvalue weighted by molar-refractivity contribution is -0.144. The molecule has 21 heavy (non-hydrogen) atoms. The zero-order valence-corrected chi connectivity index (χ0v) is 11.6. The van der Waals surface area contributed by atoms with Crippen LogP contribution in [0.2, 0.25) is 5.02 Å². The van der Waals surface area contributed by atoms with Crippen LogP contribution in [0.4, 0.5) is 25.1 Å². The van der Waals surface area contributed by atoms with Gasteiger partial charge in [0, 0.05) is 5.02 Å². The van der Waals surface area contributed by atoms with Gasteiger partial charge in [0.1, 0.15) is 0 Å². The number of rotatable bonds is 3. The highest BCUT2D eigenvalue weighted by Gasteiger charge is 2.35. The van der Waals surface area contributed by atoms with Crippen LogP contribution in [0, 0.1) is 0 Å². The van der Waals surface area contributed by atoms with Crippen molar-refractivity contribution in [2.75, 3.05) is 11.1 Å². The normalized spacial score (nSPS) is 13.0. The largest absolute Gasteiger partial charge is 0.451 e. The van der Waals surface area contributed by atoms with E-state index < -0.39 is 24.0 Å². The van der Waals surface area contributed by atoms with Crippen molar-refractivity contribution in [1.29, 1.82) is 0 Å². The van der Waals surface area contributed by atoms with Gasteiger partial charge in [0.05, 0.1) is 6.04 Å². The summed E-state index contributed by atoms with van der Waals surface area (Å²) in [6.07, 6.45) is -4.69. The Labute approximate surface area is 123 Å². The fourth-order valence-electron chi connectivity index (χ4n) is 1.68. The number of benzene rings is 1. The molecule has 1 aromatic carbocycles. The predicted octanol–water partition coefficient (Wildman–Crippen LogP) is 3.30. The molecule has 3 N–H and O–H groups in total. The van der Waals surface area contributed by atoms with E-state index in [1.807, 2.05) is 0 Å². The van der Waals surface area contributed by atoms with Crippen molar-refractivity contribution in [2.45, 2.75) is 19.1 Å². The highest BCUT2D eigenvalue weighted by Crippen LogP contribution is 2.28. The van der Waals surface area contributed by atoms with E-state index in [0.29, 0.717) is 10.6 Å². The van der Waals surface area contributed by atoms with Gasteiger partial charge in [-0.1, -0.05) is 29.8 Å². The molecule has 0 radical (unpaired) electrons. The highest BCUT2D eigenvalue weighted by atomic mass is 35.5. The molecule has 112 valence electrons. The summed E-state index contributed by atoms with van der Waals surface area (Å²) in [5.74, 6) is -2.11. The zero-order chi connectivity index (χ0) is 15.6. The average Bonchev–Trinajstić information content (AvgIpc) is 2.37. The van der Waals surface area contributed by atoms with E-state index in [1.165, 1.54) is 0 Å². The third-order valence-electron chi connectivity index (χ3n) is 2.62. The van der Waals surface area contributed by atoms with E-state index in [2.05, 4.69) is 20.3 Å². The number of alkyl halides is 3. The molecule has 2 rings (SSSR count). The van der Waals surface area contributed by atoms with Crippen LogP contribution in [0.3, 0.4) is 0 Å². The van der Waals surface area contributed by atoms with E-state index in [0.717, 1.165) is 0 Å². The maximum Gasteiger partial charge on any atom is 0.451 e. The van der Waals surface area contributed by atoms with E-state index in [1.54, 1.807) is 31.2 Å². The van der Waals surface area contributed by atoms with Gasteiger partial charge in [0.2, 0.25) is 17.7 Å². The molecule has 0 saturated carbocycles. The molecule has 0 aliphatic carbocycles. The average molecular weight is 318 g/mol. The van der Waals surface area contributed by atoms with Gasteiger partial charge in [-0.25, -0.2) is 0 Å². The van der Waals surface area contributed by atoms with Crippen molar-refractivity contribution < 1.29 is 13.2 Å². The molecule has 0 fully saturated rings. The summed E-state index contributed by atoms with van der Waals surface area (Å²) in [7, 11) is 0. The maximum absolute atomic E-state index is 12.6. The second-order valence-electron chi connectivity index (χ2n) is 4.23. The number of halogens is 4. The number of nitrogens with zero attached hydrogens (tertiary/aromatic N) is 3. The van der Waals surface area contributed by atoms with Crippen LogP contribution in [0.5, 0.6) is 0 Å². The maximum atomic E-state index is 12.6. The topological polar surface area (TPSA) is 76.7 Å². The first-order valence-electron chi connectivity index (χ1n) is 5.87. The van der Waals surface area contributed by atoms with Crippen LogP contribution < -0.4 is 11.1 Å². The molecular weight excluding hydrogens is 307 g/mol. The van der Waals surface area contributed by atoms with Crippen LogP contribution in [-0.2, 0) is 6.18 Å². The number of anilines is 2. The van der Waals surface area contributed by atoms with Gasteiger partial charge >= 0.3 is 6.18 Å². The van der Waals surface area contributed by atoms with Crippen molar-refractivity contribution in [1.82, 2.24) is 15.0 Å². The van der Waals surface area contributed by atoms with Gasteiger partial charge in [-0.3, -0.25) is 0 Å². The lowest BCUT2D eigenvalue weighted by Gasteiger charge is -2.16. The van der Waals surface area contributed by atoms with E-state index in [9.17, 15) is 13.2 Å². The molecule has 0 amide bonds. The molecule has 1 unspecified atom stereocenters. The first kappa shape index (κ1) is 15.3. The van der Waals surface area contributed by atoms with E-state index in [4.69, 9.17) is 17.3 Å². The second-order valence-corrected chi connectivity index (χ2v) is 4.63. The summed E-state index contributed by atoms with van der Waals surface area (Å²) < 4.78 is 37.8. The Morgan fingerprint density at radius 2 is 1.86 bits per heavy atom. The Balaban J connectivity index is 2.28.